The van der Waals surface area contributed by atoms with Gasteiger partial charge in [-0.15, -0.1) is 0 Å². The molecule has 102 heavy (non-hydrogen) atoms. The fraction of sp³-hybridized carbons (Fsp3) is 0.952. The SMILES string of the molecule is CCCCCCCCCCCCCCCCCCCC(=O)OC[C@H](COP(=O)(O)OC[C@@H](O)COP(=O)(O)OC[C@@H](COC(=O)CCCCCCCCCCCCCC)OC(=O)CCCCCCCCCCCCC(C)CC)OC(=O)CCCCCCCCCCCCCCCCCCC(C)C. The van der Waals surface area contributed by atoms with Gasteiger partial charge < -0.3 is 33.8 Å². The second-order valence-corrected chi connectivity index (χ2v) is 33.5. The van der Waals surface area contributed by atoms with Crippen LogP contribution in [-0.4, -0.2) is 96.7 Å². The highest BCUT2D eigenvalue weighted by Gasteiger charge is 2.30. The third-order valence-corrected chi connectivity index (χ3v) is 21.7. The third kappa shape index (κ3) is 74.9. The number of phosphoric ester groups is 2. The van der Waals surface area contributed by atoms with Gasteiger partial charge in [0.05, 0.1) is 26.4 Å². The molecule has 0 radical (unpaired) electrons. The lowest BCUT2D eigenvalue weighted by Gasteiger charge is -2.21. The Morgan fingerprint density at radius 2 is 0.500 bits per heavy atom. The molecule has 0 aromatic carbocycles. The van der Waals surface area contributed by atoms with Crippen molar-refractivity contribution in [1.82, 2.24) is 0 Å². The highest BCUT2D eigenvalue weighted by molar-refractivity contribution is 7.47. The zero-order chi connectivity index (χ0) is 74.9. The molecule has 0 aromatic heterocycles. The normalized spacial score (nSPS) is 14.1. The van der Waals surface area contributed by atoms with E-state index in [0.717, 1.165) is 102 Å². The summed E-state index contributed by atoms with van der Waals surface area (Å²) in [6.45, 7) is 9.71. The van der Waals surface area contributed by atoms with E-state index in [1.807, 2.05) is 0 Å². The Morgan fingerprint density at radius 1 is 0.284 bits per heavy atom. The van der Waals surface area contributed by atoms with Crippen LogP contribution < -0.4 is 0 Å². The Morgan fingerprint density at radius 3 is 0.745 bits per heavy atom. The Hall–Kier alpha value is -1.94. The fourth-order valence-corrected chi connectivity index (χ4v) is 14.4. The molecule has 0 saturated heterocycles. The van der Waals surface area contributed by atoms with Crippen LogP contribution in [0.1, 0.15) is 440 Å². The smallest absolute Gasteiger partial charge is 0.462 e. The maximum atomic E-state index is 13.1. The highest BCUT2D eigenvalue weighted by Crippen LogP contribution is 2.45. The number of unbranched alkanes of at least 4 members (excludes halogenated alkanes) is 51. The Labute approximate surface area is 626 Å². The van der Waals surface area contributed by atoms with Crippen molar-refractivity contribution < 1.29 is 80.2 Å². The van der Waals surface area contributed by atoms with Crippen molar-refractivity contribution >= 4 is 39.5 Å². The van der Waals surface area contributed by atoms with Gasteiger partial charge in [0.1, 0.15) is 19.3 Å². The molecule has 0 aliphatic carbocycles. The predicted molar refractivity (Wildman–Crippen MR) is 418 cm³/mol. The van der Waals surface area contributed by atoms with Gasteiger partial charge in [-0.05, 0) is 37.5 Å². The van der Waals surface area contributed by atoms with E-state index in [-0.39, 0.29) is 25.7 Å². The number of carbonyl (C=O) groups excluding carboxylic acids is 4. The summed E-state index contributed by atoms with van der Waals surface area (Å²) in [5.74, 6) is -0.492. The van der Waals surface area contributed by atoms with E-state index in [1.165, 1.54) is 257 Å². The van der Waals surface area contributed by atoms with Crippen LogP contribution in [0.3, 0.4) is 0 Å². The largest absolute Gasteiger partial charge is 0.472 e. The number of esters is 4. The number of hydrogen-bond donors (Lipinski definition) is 3. The molecule has 3 unspecified atom stereocenters. The molecule has 0 saturated carbocycles. The Balaban J connectivity index is 5.26. The van der Waals surface area contributed by atoms with E-state index in [9.17, 15) is 43.2 Å². The molecule has 0 aliphatic heterocycles. The van der Waals surface area contributed by atoms with Crippen molar-refractivity contribution in [1.29, 1.82) is 0 Å². The molecule has 0 spiro atoms. The summed E-state index contributed by atoms with van der Waals surface area (Å²) in [7, 11) is -9.92. The minimum absolute atomic E-state index is 0.107. The van der Waals surface area contributed by atoms with E-state index in [4.69, 9.17) is 37.0 Å². The van der Waals surface area contributed by atoms with Gasteiger partial charge in [-0.3, -0.25) is 37.3 Å². The van der Waals surface area contributed by atoms with Crippen molar-refractivity contribution in [2.24, 2.45) is 11.8 Å². The first-order valence-corrected chi connectivity index (χ1v) is 46.0. The van der Waals surface area contributed by atoms with Crippen LogP contribution in [-0.2, 0) is 65.4 Å². The Kier molecular flexibility index (Phi) is 73.1. The number of aliphatic hydroxyl groups is 1. The number of phosphoric acid groups is 2. The molecule has 0 fully saturated rings. The first-order chi connectivity index (χ1) is 49.4. The summed E-state index contributed by atoms with van der Waals surface area (Å²) in [6, 6.07) is 0. The van der Waals surface area contributed by atoms with Gasteiger partial charge in [-0.2, -0.15) is 0 Å². The van der Waals surface area contributed by atoms with Gasteiger partial charge in [0.25, 0.3) is 0 Å². The second-order valence-electron chi connectivity index (χ2n) is 30.6. The summed E-state index contributed by atoms with van der Waals surface area (Å²) in [5.41, 5.74) is 0. The van der Waals surface area contributed by atoms with E-state index >= 15 is 0 Å². The molecule has 0 amide bonds. The average molecular weight is 1490 g/mol. The molecule has 0 aromatic rings. The molecule has 19 heteroatoms. The lowest BCUT2D eigenvalue weighted by atomic mass is 9.99. The zero-order valence-electron chi connectivity index (χ0n) is 66.9. The van der Waals surface area contributed by atoms with Crippen LogP contribution in [0.25, 0.3) is 0 Å². The van der Waals surface area contributed by atoms with Gasteiger partial charge in [-0.25, -0.2) is 9.13 Å². The molecule has 606 valence electrons. The molecule has 0 heterocycles. The lowest BCUT2D eigenvalue weighted by molar-refractivity contribution is -0.161. The van der Waals surface area contributed by atoms with E-state index in [1.54, 1.807) is 0 Å². The van der Waals surface area contributed by atoms with Crippen LogP contribution in [0.5, 0.6) is 0 Å². The number of rotatable bonds is 82. The molecule has 0 rings (SSSR count). The quantitative estimate of drug-likeness (QED) is 0.0222. The maximum absolute atomic E-state index is 13.1. The lowest BCUT2D eigenvalue weighted by Crippen LogP contribution is -2.30. The molecule has 6 atom stereocenters. The summed E-state index contributed by atoms with van der Waals surface area (Å²) >= 11 is 0. The van der Waals surface area contributed by atoms with Crippen molar-refractivity contribution in [2.75, 3.05) is 39.6 Å². The molecular formula is C83H162O17P2. The van der Waals surface area contributed by atoms with Gasteiger partial charge >= 0.3 is 39.5 Å². The summed E-state index contributed by atoms with van der Waals surface area (Å²) in [6.07, 6.45) is 65.0. The third-order valence-electron chi connectivity index (χ3n) is 19.8. The van der Waals surface area contributed by atoms with Crippen LogP contribution in [0.2, 0.25) is 0 Å². The number of ether oxygens (including phenoxy) is 4. The summed E-state index contributed by atoms with van der Waals surface area (Å²) < 4.78 is 68.8. The van der Waals surface area contributed by atoms with Crippen molar-refractivity contribution in [3.63, 3.8) is 0 Å². The minimum Gasteiger partial charge on any atom is -0.462 e. The number of hydrogen-bond acceptors (Lipinski definition) is 15. The highest BCUT2D eigenvalue weighted by atomic mass is 31.2. The average Bonchev–Trinajstić information content (AvgIpc) is 0.923. The molecule has 0 bridgehead atoms. The topological polar surface area (TPSA) is 237 Å². The number of aliphatic hydroxyl groups excluding tert-OH is 1. The summed E-state index contributed by atoms with van der Waals surface area (Å²) in [5, 5.41) is 10.7. The zero-order valence-corrected chi connectivity index (χ0v) is 68.7. The van der Waals surface area contributed by atoms with Crippen LogP contribution in [0.15, 0.2) is 0 Å². The van der Waals surface area contributed by atoms with Crippen molar-refractivity contribution in [2.45, 2.75) is 458 Å². The molecular weight excluding hydrogens is 1330 g/mol. The Bertz CT molecular complexity index is 1960. The first-order valence-electron chi connectivity index (χ1n) is 43.0. The van der Waals surface area contributed by atoms with E-state index in [2.05, 4.69) is 41.5 Å². The van der Waals surface area contributed by atoms with Crippen molar-refractivity contribution in [3.05, 3.63) is 0 Å². The predicted octanol–water partition coefficient (Wildman–Crippen LogP) is 25.1. The molecule has 3 N–H and O–H groups in total. The van der Waals surface area contributed by atoms with Gasteiger partial charge in [-0.1, -0.05) is 388 Å². The monoisotopic (exact) mass is 1490 g/mol. The van der Waals surface area contributed by atoms with Gasteiger partial charge in [0, 0.05) is 25.7 Å². The second kappa shape index (κ2) is 74.5. The maximum Gasteiger partial charge on any atom is 0.472 e. The van der Waals surface area contributed by atoms with Crippen LogP contribution in [0, 0.1) is 11.8 Å². The minimum atomic E-state index is -4.96. The van der Waals surface area contributed by atoms with Gasteiger partial charge in [0.2, 0.25) is 0 Å². The fourth-order valence-electron chi connectivity index (χ4n) is 12.9. The summed E-state index contributed by atoms with van der Waals surface area (Å²) in [4.78, 5) is 73.1. The van der Waals surface area contributed by atoms with E-state index < -0.39 is 97.5 Å². The first kappa shape index (κ1) is 100. The van der Waals surface area contributed by atoms with Crippen LogP contribution in [0.4, 0.5) is 0 Å². The standard InChI is InChI=1S/C83H162O17P2/c1-7-10-12-14-16-18-20-22-23-24-28-31-35-42-48-54-60-66-81(86)94-71-78(99-82(87)67-61-55-49-43-36-32-29-26-25-27-30-33-39-45-51-57-63-75(4)5)73-97-101(89,90)95-69-77(84)70-96-102(91,92)98-74-79(72-93-80(85)65-59-53-47-41-34-21-19-17-15-13-11-8-2)100-83(88)68-62-56-50-44-38-37-40-46-52-58-64-76(6)9-3/h75-79,84H,7-74H2,1-6H3,(H,89,90)(H,91,92)/t76?,77-,78-,79-/m1/s1. The van der Waals surface area contributed by atoms with E-state index in [0.29, 0.717) is 25.7 Å². The van der Waals surface area contributed by atoms with Crippen molar-refractivity contribution in [3.8, 4) is 0 Å². The molecule has 0 aliphatic rings. The number of carbonyl (C=O) groups is 4. The molecule has 17 nitrogen and oxygen atoms in total. The van der Waals surface area contributed by atoms with Gasteiger partial charge in [0.15, 0.2) is 12.2 Å². The van der Waals surface area contributed by atoms with Crippen LogP contribution >= 0.6 is 15.6 Å².